The van der Waals surface area contributed by atoms with Crippen LogP contribution in [0.4, 0.5) is 0 Å². The first-order valence-corrected chi connectivity index (χ1v) is 13.5. The molecule has 3 aromatic carbocycles. The molecule has 1 unspecified atom stereocenters. The molecule has 210 valence electrons. The van der Waals surface area contributed by atoms with Crippen molar-refractivity contribution < 1.29 is 18.9 Å². The molecule has 3 aromatic heterocycles. The molecule has 4 heterocycles. The van der Waals surface area contributed by atoms with Crippen molar-refractivity contribution in [2.24, 2.45) is 0 Å². The highest BCUT2D eigenvalue weighted by atomic mass is 16.5. The summed E-state index contributed by atoms with van der Waals surface area (Å²) in [6.45, 7) is 4.20. The molecule has 0 radical (unpaired) electrons. The van der Waals surface area contributed by atoms with Gasteiger partial charge in [-0.15, -0.1) is 5.10 Å². The zero-order valence-electron chi connectivity index (χ0n) is 23.6. The molecule has 42 heavy (non-hydrogen) atoms. The lowest BCUT2D eigenvalue weighted by atomic mass is 9.84. The van der Waals surface area contributed by atoms with Crippen LogP contribution in [0.3, 0.4) is 0 Å². The summed E-state index contributed by atoms with van der Waals surface area (Å²) in [5, 5.41) is 9.58. The summed E-state index contributed by atoms with van der Waals surface area (Å²) in [4.78, 5) is 9.60. The van der Waals surface area contributed by atoms with Gasteiger partial charge in [-0.25, -0.2) is 19.2 Å². The Kier molecular flexibility index (Phi) is 6.23. The number of benzene rings is 3. The standard InChI is InChI=1S/C32H28N6O4/c1-19-10-8-9-13-23(19)41-17-26-34-30-29-28(21-14-15-24(39-3)25(16-21)40-4)27-20(2)35-38(22-11-6-5-7-12-22)32(27)42-31(29)33-18-37(30)36-26/h5-16,18,28H,17H2,1-4H3. The average Bonchev–Trinajstić information content (AvgIpc) is 3.60. The van der Waals surface area contributed by atoms with Crippen molar-refractivity contribution >= 4 is 5.65 Å². The molecule has 0 aliphatic carbocycles. The second-order valence-corrected chi connectivity index (χ2v) is 10.0. The number of hydrogen-bond donors (Lipinski definition) is 0. The summed E-state index contributed by atoms with van der Waals surface area (Å²) in [7, 11) is 3.25. The molecule has 1 atom stereocenters. The van der Waals surface area contributed by atoms with Crippen LogP contribution in [-0.2, 0) is 6.61 Å². The normalized spacial score (nSPS) is 13.8. The molecule has 0 saturated carbocycles. The largest absolute Gasteiger partial charge is 0.493 e. The smallest absolute Gasteiger partial charge is 0.230 e. The number of nitrogens with zero attached hydrogens (tertiary/aromatic N) is 6. The molecule has 0 spiro atoms. The first-order valence-electron chi connectivity index (χ1n) is 13.5. The predicted octanol–water partition coefficient (Wildman–Crippen LogP) is 5.81. The van der Waals surface area contributed by atoms with Crippen molar-refractivity contribution in [2.75, 3.05) is 14.2 Å². The lowest BCUT2D eigenvalue weighted by Crippen LogP contribution is -2.16. The van der Waals surface area contributed by atoms with Crippen LogP contribution in [0.15, 0.2) is 79.1 Å². The summed E-state index contributed by atoms with van der Waals surface area (Å²) in [5.41, 5.74) is 6.02. The topological polar surface area (TPSA) is 97.8 Å². The second kappa shape index (κ2) is 10.2. The van der Waals surface area contributed by atoms with Crippen LogP contribution in [-0.4, -0.2) is 43.6 Å². The number of para-hydroxylation sites is 2. The van der Waals surface area contributed by atoms with Gasteiger partial charge in [-0.1, -0.05) is 42.5 Å². The highest BCUT2D eigenvalue weighted by Crippen LogP contribution is 2.50. The number of fused-ring (bicyclic) bond motifs is 4. The van der Waals surface area contributed by atoms with E-state index in [2.05, 4.69) is 10.1 Å². The highest BCUT2D eigenvalue weighted by molar-refractivity contribution is 5.67. The van der Waals surface area contributed by atoms with Crippen LogP contribution in [0, 0.1) is 13.8 Å². The maximum Gasteiger partial charge on any atom is 0.230 e. The molecular weight excluding hydrogens is 532 g/mol. The quantitative estimate of drug-likeness (QED) is 0.241. The third kappa shape index (κ3) is 4.19. The van der Waals surface area contributed by atoms with Gasteiger partial charge in [0.15, 0.2) is 23.0 Å². The van der Waals surface area contributed by atoms with Gasteiger partial charge in [0.05, 0.1) is 42.6 Å². The minimum Gasteiger partial charge on any atom is -0.493 e. The molecule has 0 amide bonds. The van der Waals surface area contributed by atoms with E-state index in [0.717, 1.165) is 39.4 Å². The Labute approximate surface area is 242 Å². The molecule has 0 N–H and O–H groups in total. The van der Waals surface area contributed by atoms with E-state index in [4.69, 9.17) is 29.0 Å². The van der Waals surface area contributed by atoms with Gasteiger partial charge in [0.1, 0.15) is 18.7 Å². The summed E-state index contributed by atoms with van der Waals surface area (Å²) in [6, 6.07) is 23.7. The van der Waals surface area contributed by atoms with E-state index < -0.39 is 0 Å². The minimum atomic E-state index is -0.327. The minimum absolute atomic E-state index is 0.208. The monoisotopic (exact) mass is 560 g/mol. The van der Waals surface area contributed by atoms with E-state index in [1.54, 1.807) is 25.1 Å². The van der Waals surface area contributed by atoms with Crippen LogP contribution in [0.5, 0.6) is 29.0 Å². The molecule has 0 fully saturated rings. The van der Waals surface area contributed by atoms with Gasteiger partial charge in [0.25, 0.3) is 0 Å². The highest BCUT2D eigenvalue weighted by Gasteiger charge is 2.38. The maximum absolute atomic E-state index is 6.52. The van der Waals surface area contributed by atoms with Gasteiger partial charge in [-0.05, 0) is 55.3 Å². The molecule has 7 rings (SSSR count). The number of hydrogen-bond acceptors (Lipinski definition) is 8. The van der Waals surface area contributed by atoms with Crippen molar-refractivity contribution in [3.8, 4) is 34.7 Å². The zero-order valence-corrected chi connectivity index (χ0v) is 23.6. The maximum atomic E-state index is 6.52. The SMILES string of the molecule is COc1ccc(C2c3c(C)nn(-c4ccccc4)c3Oc3ncn4nc(COc5ccccc5C)nc4c32)cc1OC. The van der Waals surface area contributed by atoms with E-state index in [1.165, 1.54) is 0 Å². The Morgan fingerprint density at radius 3 is 2.40 bits per heavy atom. The Bertz CT molecular complexity index is 1930. The number of aromatic nitrogens is 6. The van der Waals surface area contributed by atoms with Crippen molar-refractivity contribution in [2.45, 2.75) is 26.4 Å². The molecule has 10 nitrogen and oxygen atoms in total. The molecule has 10 heteroatoms. The molecule has 0 bridgehead atoms. The van der Waals surface area contributed by atoms with Crippen molar-refractivity contribution in [3.05, 3.63) is 113 Å². The fourth-order valence-corrected chi connectivity index (χ4v) is 5.45. The number of aryl methyl sites for hydroxylation is 2. The first kappa shape index (κ1) is 25.6. The van der Waals surface area contributed by atoms with Crippen LogP contribution < -0.4 is 18.9 Å². The van der Waals surface area contributed by atoms with Gasteiger partial charge >= 0.3 is 0 Å². The molecule has 0 saturated heterocycles. The molecule has 1 aliphatic rings. The van der Waals surface area contributed by atoms with Gasteiger partial charge < -0.3 is 18.9 Å². The lowest BCUT2D eigenvalue weighted by Gasteiger charge is -2.26. The van der Waals surface area contributed by atoms with Crippen LogP contribution in [0.25, 0.3) is 11.3 Å². The second-order valence-electron chi connectivity index (χ2n) is 10.0. The molecular formula is C32H28N6O4. The van der Waals surface area contributed by atoms with Crippen molar-refractivity contribution in [3.63, 3.8) is 0 Å². The van der Waals surface area contributed by atoms with Crippen molar-refractivity contribution in [1.29, 1.82) is 0 Å². The van der Waals surface area contributed by atoms with Crippen LogP contribution in [0.2, 0.25) is 0 Å². The Morgan fingerprint density at radius 1 is 0.833 bits per heavy atom. The Hall–Kier alpha value is -5.38. The van der Waals surface area contributed by atoms with E-state index >= 15 is 0 Å². The van der Waals surface area contributed by atoms with E-state index in [9.17, 15) is 0 Å². The third-order valence-corrected chi connectivity index (χ3v) is 7.46. The summed E-state index contributed by atoms with van der Waals surface area (Å²) in [6.07, 6.45) is 1.62. The van der Waals surface area contributed by atoms with Gasteiger partial charge in [-0.2, -0.15) is 5.10 Å². The predicted molar refractivity (Wildman–Crippen MR) is 155 cm³/mol. The number of ether oxygens (including phenoxy) is 4. The summed E-state index contributed by atoms with van der Waals surface area (Å²) in [5.74, 6) is 3.28. The zero-order chi connectivity index (χ0) is 28.8. The number of rotatable bonds is 7. The van der Waals surface area contributed by atoms with E-state index in [0.29, 0.717) is 34.7 Å². The van der Waals surface area contributed by atoms with Gasteiger partial charge in [0, 0.05) is 0 Å². The third-order valence-electron chi connectivity index (χ3n) is 7.46. The first-order chi connectivity index (χ1) is 20.6. The van der Waals surface area contributed by atoms with E-state index in [1.807, 2.05) is 91.3 Å². The van der Waals surface area contributed by atoms with Crippen molar-refractivity contribution in [1.82, 2.24) is 29.4 Å². The van der Waals surface area contributed by atoms with E-state index in [-0.39, 0.29) is 12.5 Å². The fourth-order valence-electron chi connectivity index (χ4n) is 5.45. The summed E-state index contributed by atoms with van der Waals surface area (Å²) < 4.78 is 27.3. The fraction of sp³-hybridized carbons (Fsp3) is 0.188. The van der Waals surface area contributed by atoms with Crippen LogP contribution >= 0.6 is 0 Å². The summed E-state index contributed by atoms with van der Waals surface area (Å²) >= 11 is 0. The van der Waals surface area contributed by atoms with Gasteiger partial charge in [-0.3, -0.25) is 0 Å². The molecule has 1 aliphatic heterocycles. The lowest BCUT2D eigenvalue weighted by molar-refractivity contribution is 0.294. The van der Waals surface area contributed by atoms with Crippen LogP contribution in [0.1, 0.15) is 39.7 Å². The Morgan fingerprint density at radius 2 is 1.62 bits per heavy atom. The average molecular weight is 561 g/mol. The number of methoxy groups -OCH3 is 2. The Balaban J connectivity index is 1.40. The molecule has 6 aromatic rings. The van der Waals surface area contributed by atoms with Gasteiger partial charge in [0.2, 0.25) is 11.8 Å².